The zero-order valence-electron chi connectivity index (χ0n) is 16.1. The van der Waals surface area contributed by atoms with Crippen molar-refractivity contribution >= 4 is 40.5 Å². The zero-order chi connectivity index (χ0) is 20.4. The molecule has 2 fully saturated rings. The third-order valence-electron chi connectivity index (χ3n) is 5.31. The topological polar surface area (TPSA) is 63.2 Å². The van der Waals surface area contributed by atoms with Gasteiger partial charge in [-0.25, -0.2) is 4.39 Å². The van der Waals surface area contributed by atoms with Gasteiger partial charge in [-0.1, -0.05) is 30.0 Å². The Labute approximate surface area is 177 Å². The number of carbonyl (C=O) groups excluding carboxylic acids is 2. The highest BCUT2D eigenvalue weighted by atomic mass is 32.2. The van der Waals surface area contributed by atoms with Gasteiger partial charge >= 0.3 is 0 Å². The molecule has 1 aliphatic carbocycles. The number of ketones is 1. The summed E-state index contributed by atoms with van der Waals surface area (Å²) in [6.07, 6.45) is 6.13. The second kappa shape index (κ2) is 8.85. The van der Waals surface area contributed by atoms with Gasteiger partial charge in [0.1, 0.15) is 5.82 Å². The Morgan fingerprint density at radius 1 is 1.31 bits per heavy atom. The van der Waals surface area contributed by atoms with Crippen molar-refractivity contribution in [2.45, 2.75) is 37.5 Å². The summed E-state index contributed by atoms with van der Waals surface area (Å²) in [7, 11) is 0. The highest BCUT2D eigenvalue weighted by Crippen LogP contribution is 2.40. The molecule has 2 aliphatic rings. The monoisotopic (exact) mass is 431 g/mol. The van der Waals surface area contributed by atoms with E-state index in [0.717, 1.165) is 42.3 Å². The maximum atomic E-state index is 14.6. The van der Waals surface area contributed by atoms with Crippen LogP contribution >= 0.6 is 23.5 Å². The van der Waals surface area contributed by atoms with Crippen molar-refractivity contribution in [3.8, 4) is 0 Å². The molecule has 1 aromatic heterocycles. The number of piperidine rings is 1. The lowest BCUT2D eigenvalue weighted by molar-refractivity contribution is -0.126. The normalized spacial score (nSPS) is 22.6. The van der Waals surface area contributed by atoms with Crippen LogP contribution in [0.15, 0.2) is 36.0 Å². The van der Waals surface area contributed by atoms with Crippen molar-refractivity contribution in [3.05, 3.63) is 53.1 Å². The quantitative estimate of drug-likeness (QED) is 0.685. The predicted octanol–water partition coefficient (Wildman–Crippen LogP) is 4.14. The van der Waals surface area contributed by atoms with E-state index < -0.39 is 6.04 Å². The van der Waals surface area contributed by atoms with E-state index in [1.807, 2.05) is 6.08 Å². The summed E-state index contributed by atoms with van der Waals surface area (Å²) < 4.78 is 22.9. The van der Waals surface area contributed by atoms with Gasteiger partial charge in [0.25, 0.3) is 0 Å². The molecule has 2 aromatic rings. The van der Waals surface area contributed by atoms with Crippen LogP contribution in [0, 0.1) is 11.7 Å². The lowest BCUT2D eigenvalue weighted by Crippen LogP contribution is -2.43. The second-order valence-corrected chi connectivity index (χ2v) is 9.45. The molecule has 0 amide bonds. The van der Waals surface area contributed by atoms with Crippen molar-refractivity contribution in [2.75, 3.05) is 13.1 Å². The molecule has 152 valence electrons. The predicted molar refractivity (Wildman–Crippen MR) is 113 cm³/mol. The van der Waals surface area contributed by atoms with Gasteiger partial charge in [0.2, 0.25) is 0 Å². The van der Waals surface area contributed by atoms with Gasteiger partial charge in [-0.3, -0.25) is 14.5 Å². The third kappa shape index (κ3) is 4.82. The molecule has 2 heterocycles. The molecule has 1 saturated carbocycles. The van der Waals surface area contributed by atoms with Crippen LogP contribution in [0.4, 0.5) is 4.39 Å². The highest BCUT2D eigenvalue weighted by Gasteiger charge is 2.41. The molecule has 0 radical (unpaired) electrons. The van der Waals surface area contributed by atoms with Gasteiger partial charge in [0, 0.05) is 36.7 Å². The van der Waals surface area contributed by atoms with Gasteiger partial charge < -0.3 is 0 Å². The molecule has 5 nitrogen and oxygen atoms in total. The molecule has 0 bridgehead atoms. The number of hydrogen-bond acceptors (Lipinski definition) is 7. The van der Waals surface area contributed by atoms with Crippen LogP contribution in [0.25, 0.3) is 6.08 Å². The number of aromatic nitrogens is 2. The fraction of sp³-hybridized carbons (Fsp3) is 0.429. The average Bonchev–Trinajstić information content (AvgIpc) is 3.42. The minimum absolute atomic E-state index is 0.0269. The van der Waals surface area contributed by atoms with Crippen molar-refractivity contribution in [3.63, 3.8) is 0 Å². The molecule has 0 N–H and O–H groups in total. The number of rotatable bonds is 6. The van der Waals surface area contributed by atoms with Gasteiger partial charge in [-0.05, 0) is 37.0 Å². The van der Waals surface area contributed by atoms with E-state index in [0.29, 0.717) is 18.7 Å². The second-order valence-electron chi connectivity index (χ2n) is 7.51. The Bertz CT molecular complexity index is 928. The first-order valence-corrected chi connectivity index (χ1v) is 11.3. The number of carbonyl (C=O) groups is 2. The molecule has 1 aliphatic heterocycles. The summed E-state index contributed by atoms with van der Waals surface area (Å²) in [6, 6.07) is 5.96. The van der Waals surface area contributed by atoms with E-state index in [2.05, 4.69) is 13.6 Å². The summed E-state index contributed by atoms with van der Waals surface area (Å²) in [6.45, 7) is 2.70. The summed E-state index contributed by atoms with van der Waals surface area (Å²) in [5.74, 6) is -0.220. The third-order valence-corrected chi connectivity index (χ3v) is 6.96. The van der Waals surface area contributed by atoms with Crippen LogP contribution in [0.1, 0.15) is 43.5 Å². The molecule has 2 unspecified atom stereocenters. The maximum Gasteiger partial charge on any atom is 0.186 e. The molecule has 2 atom stereocenters. The standard InChI is InChI=1S/C21H22FN3O2S2/c1-13(26)28-19-8-9-25(12-15(19)10-16-11-23-29-24-16)20(21(27)14-6-7-14)17-4-2-3-5-18(17)22/h2-5,10-11,14,19-20H,6-9,12H2,1H3. The Morgan fingerprint density at radius 2 is 2.10 bits per heavy atom. The van der Waals surface area contributed by atoms with Crippen LogP contribution in [0.5, 0.6) is 0 Å². The van der Waals surface area contributed by atoms with Crippen LogP contribution < -0.4 is 0 Å². The van der Waals surface area contributed by atoms with Crippen LogP contribution in [0.3, 0.4) is 0 Å². The van der Waals surface area contributed by atoms with Gasteiger partial charge in [-0.15, -0.1) is 0 Å². The number of nitrogens with zero attached hydrogens (tertiary/aromatic N) is 3. The number of benzene rings is 1. The Hall–Kier alpha value is -1.90. The Morgan fingerprint density at radius 3 is 2.76 bits per heavy atom. The number of Topliss-reactive ketones (excluding diaryl/α,β-unsaturated/α-hetero) is 1. The Balaban J connectivity index is 1.66. The van der Waals surface area contributed by atoms with Gasteiger partial charge in [-0.2, -0.15) is 8.75 Å². The van der Waals surface area contributed by atoms with Crippen LogP contribution in [-0.4, -0.2) is 42.9 Å². The minimum Gasteiger partial charge on any atom is -0.297 e. The first-order valence-electron chi connectivity index (χ1n) is 9.70. The first-order chi connectivity index (χ1) is 14.0. The van der Waals surface area contributed by atoms with E-state index >= 15 is 0 Å². The van der Waals surface area contributed by atoms with Crippen molar-refractivity contribution < 1.29 is 14.0 Å². The van der Waals surface area contributed by atoms with Crippen molar-refractivity contribution in [1.82, 2.24) is 13.6 Å². The summed E-state index contributed by atoms with van der Waals surface area (Å²) in [5, 5.41) is 0.0909. The van der Waals surface area contributed by atoms with Crippen LogP contribution in [0.2, 0.25) is 0 Å². The van der Waals surface area contributed by atoms with Crippen molar-refractivity contribution in [1.29, 1.82) is 0 Å². The minimum atomic E-state index is -0.594. The molecular formula is C21H22FN3O2S2. The maximum absolute atomic E-state index is 14.6. The lowest BCUT2D eigenvalue weighted by Gasteiger charge is -2.38. The molecule has 1 saturated heterocycles. The summed E-state index contributed by atoms with van der Waals surface area (Å²) in [4.78, 5) is 26.9. The molecule has 8 heteroatoms. The Kier molecular flexibility index (Phi) is 6.22. The van der Waals surface area contributed by atoms with E-state index in [-0.39, 0.29) is 27.9 Å². The van der Waals surface area contributed by atoms with Gasteiger partial charge in [0.15, 0.2) is 10.9 Å². The summed E-state index contributed by atoms with van der Waals surface area (Å²) >= 11 is 2.44. The lowest BCUT2D eigenvalue weighted by atomic mass is 9.93. The number of thioether (sulfide) groups is 1. The van der Waals surface area contributed by atoms with E-state index in [4.69, 9.17) is 0 Å². The average molecular weight is 432 g/mol. The van der Waals surface area contributed by atoms with Gasteiger partial charge in [0.05, 0.1) is 29.7 Å². The summed E-state index contributed by atoms with van der Waals surface area (Å²) in [5.41, 5.74) is 2.21. The van der Waals surface area contributed by atoms with E-state index in [9.17, 15) is 14.0 Å². The smallest absolute Gasteiger partial charge is 0.186 e. The number of hydrogen-bond donors (Lipinski definition) is 0. The zero-order valence-corrected chi connectivity index (χ0v) is 17.7. The van der Waals surface area contributed by atoms with Crippen LogP contribution in [-0.2, 0) is 9.59 Å². The van der Waals surface area contributed by atoms with E-state index in [1.54, 1.807) is 31.3 Å². The largest absolute Gasteiger partial charge is 0.297 e. The highest BCUT2D eigenvalue weighted by molar-refractivity contribution is 8.14. The molecule has 29 heavy (non-hydrogen) atoms. The van der Waals surface area contributed by atoms with E-state index in [1.165, 1.54) is 17.8 Å². The number of halogens is 1. The van der Waals surface area contributed by atoms with Crippen molar-refractivity contribution in [2.24, 2.45) is 5.92 Å². The fourth-order valence-electron chi connectivity index (χ4n) is 3.82. The number of likely N-dealkylation sites (tertiary alicyclic amines) is 1. The molecular weight excluding hydrogens is 409 g/mol. The molecule has 0 spiro atoms. The first kappa shape index (κ1) is 20.4. The molecule has 4 rings (SSSR count). The molecule has 1 aromatic carbocycles. The SMILES string of the molecule is CC(=O)SC1CCN(C(C(=O)C2CC2)c2ccccc2F)CC1=Cc1cnsn1. The fourth-order valence-corrected chi connectivity index (χ4v) is 5.14.